The number of aliphatic imine (C=N–C) groups is 1. The minimum atomic E-state index is -0.444. The van der Waals surface area contributed by atoms with Crippen LogP contribution in [0.3, 0.4) is 0 Å². The van der Waals surface area contributed by atoms with Gasteiger partial charge in [0.15, 0.2) is 5.96 Å². The molecule has 0 saturated heterocycles. The molecule has 7 nitrogen and oxygen atoms in total. The molecule has 27 heavy (non-hydrogen) atoms. The van der Waals surface area contributed by atoms with Gasteiger partial charge in [-0.25, -0.2) is 9.79 Å². The first-order valence-electron chi connectivity index (χ1n) is 8.33. The van der Waals surface area contributed by atoms with Crippen molar-refractivity contribution in [1.82, 2.24) is 4.90 Å². The Morgan fingerprint density at radius 1 is 1.33 bits per heavy atom. The number of nitrogens with zero attached hydrogens (tertiary/aromatic N) is 2. The molecular formula is C18H22BrClN4O3. The molecule has 1 heterocycles. The standard InChI is InChI=1S/C18H22BrClN4O3/c1-4-26-16-6-11(14(20)7-13(16)19)10(3)12-8-24(18(25)27-5-2)9-15(12)23-17(21)22/h6-7H,3-5,8-9H2,1-2H3,(H4,21,22,23). The van der Waals surface area contributed by atoms with Crippen LogP contribution in [0, 0.1) is 0 Å². The maximum Gasteiger partial charge on any atom is 0.410 e. The van der Waals surface area contributed by atoms with Crippen LogP contribution in [-0.2, 0) is 4.74 Å². The van der Waals surface area contributed by atoms with Gasteiger partial charge in [0.25, 0.3) is 0 Å². The normalized spacial score (nSPS) is 13.6. The molecule has 2 rings (SSSR count). The Balaban J connectivity index is 2.43. The van der Waals surface area contributed by atoms with E-state index in [9.17, 15) is 4.79 Å². The van der Waals surface area contributed by atoms with Crippen LogP contribution >= 0.6 is 27.5 Å². The zero-order valence-corrected chi connectivity index (χ0v) is 17.6. The summed E-state index contributed by atoms with van der Waals surface area (Å²) in [6.45, 7) is 9.06. The zero-order valence-electron chi connectivity index (χ0n) is 15.2. The third kappa shape index (κ3) is 4.95. The van der Waals surface area contributed by atoms with Crippen LogP contribution in [0.15, 0.2) is 39.4 Å². The smallest absolute Gasteiger partial charge is 0.410 e. The Kier molecular flexibility index (Phi) is 7.15. The van der Waals surface area contributed by atoms with Crippen LogP contribution in [0.25, 0.3) is 5.57 Å². The lowest BCUT2D eigenvalue weighted by molar-refractivity contribution is 0.116. The quantitative estimate of drug-likeness (QED) is 0.502. The van der Waals surface area contributed by atoms with E-state index in [1.54, 1.807) is 19.1 Å². The van der Waals surface area contributed by atoms with Gasteiger partial charge in [0.05, 0.1) is 36.5 Å². The van der Waals surface area contributed by atoms with Gasteiger partial charge in [-0.05, 0) is 47.5 Å². The largest absolute Gasteiger partial charge is 0.493 e. The van der Waals surface area contributed by atoms with Gasteiger partial charge < -0.3 is 20.9 Å². The first kappa shape index (κ1) is 21.1. The second-order valence-corrected chi connectivity index (χ2v) is 6.95. The van der Waals surface area contributed by atoms with Gasteiger partial charge >= 0.3 is 6.09 Å². The molecule has 1 aromatic carbocycles. The van der Waals surface area contributed by atoms with E-state index in [1.165, 1.54) is 4.90 Å². The number of hydrogen-bond acceptors (Lipinski definition) is 4. The Labute approximate surface area is 171 Å². The van der Waals surface area contributed by atoms with Crippen LogP contribution < -0.4 is 16.2 Å². The van der Waals surface area contributed by atoms with E-state index in [-0.39, 0.29) is 25.7 Å². The monoisotopic (exact) mass is 456 g/mol. The first-order chi connectivity index (χ1) is 12.8. The SMILES string of the molecule is C=C(C1=C(N=C(N)N)CN(C(=O)OCC)C1)c1cc(OCC)c(Br)cc1Cl. The van der Waals surface area contributed by atoms with Crippen LogP contribution in [0.2, 0.25) is 5.02 Å². The fourth-order valence-corrected chi connectivity index (χ4v) is 3.54. The number of guanidine groups is 1. The number of amides is 1. The highest BCUT2D eigenvalue weighted by molar-refractivity contribution is 9.10. The number of hydrogen-bond donors (Lipinski definition) is 2. The van der Waals surface area contributed by atoms with E-state index in [1.807, 2.05) is 6.92 Å². The first-order valence-corrected chi connectivity index (χ1v) is 9.50. The van der Waals surface area contributed by atoms with Gasteiger partial charge in [0.2, 0.25) is 0 Å². The van der Waals surface area contributed by atoms with Gasteiger partial charge in [-0.15, -0.1) is 0 Å². The highest BCUT2D eigenvalue weighted by Crippen LogP contribution is 2.39. The van der Waals surface area contributed by atoms with E-state index in [2.05, 4.69) is 27.5 Å². The summed E-state index contributed by atoms with van der Waals surface area (Å²) in [6, 6.07) is 3.54. The lowest BCUT2D eigenvalue weighted by atomic mass is 9.98. The molecule has 0 bridgehead atoms. The Morgan fingerprint density at radius 2 is 2.04 bits per heavy atom. The fourth-order valence-electron chi connectivity index (χ4n) is 2.68. The lowest BCUT2D eigenvalue weighted by Crippen LogP contribution is -2.30. The van der Waals surface area contributed by atoms with Crippen molar-refractivity contribution < 1.29 is 14.3 Å². The topological polar surface area (TPSA) is 103 Å². The maximum atomic E-state index is 12.1. The number of carbonyl (C=O) groups is 1. The fraction of sp³-hybridized carbons (Fsp3) is 0.333. The predicted molar refractivity (Wildman–Crippen MR) is 111 cm³/mol. The average Bonchev–Trinajstić information content (AvgIpc) is 3.00. The summed E-state index contributed by atoms with van der Waals surface area (Å²) in [6.07, 6.45) is -0.444. The van der Waals surface area contributed by atoms with Crippen molar-refractivity contribution in [3.8, 4) is 5.75 Å². The van der Waals surface area contributed by atoms with Crippen molar-refractivity contribution in [2.24, 2.45) is 16.5 Å². The zero-order chi connectivity index (χ0) is 20.1. The molecule has 0 aromatic heterocycles. The molecule has 1 aliphatic rings. The number of ether oxygens (including phenoxy) is 2. The molecule has 1 aromatic rings. The molecule has 4 N–H and O–H groups in total. The van der Waals surface area contributed by atoms with Gasteiger partial charge in [-0.1, -0.05) is 18.2 Å². The van der Waals surface area contributed by atoms with Crippen LogP contribution in [-0.4, -0.2) is 43.3 Å². The minimum Gasteiger partial charge on any atom is -0.493 e. The van der Waals surface area contributed by atoms with E-state index >= 15 is 0 Å². The molecule has 0 spiro atoms. The molecule has 0 fully saturated rings. The summed E-state index contributed by atoms with van der Waals surface area (Å²) in [4.78, 5) is 17.8. The molecule has 9 heteroatoms. The Morgan fingerprint density at radius 3 is 2.63 bits per heavy atom. The molecule has 0 radical (unpaired) electrons. The Hall–Kier alpha value is -2.19. The lowest BCUT2D eigenvalue weighted by Gasteiger charge is -2.17. The summed E-state index contributed by atoms with van der Waals surface area (Å²) in [5.41, 5.74) is 13.6. The summed E-state index contributed by atoms with van der Waals surface area (Å²) in [7, 11) is 0. The Bertz CT molecular complexity index is 819. The van der Waals surface area contributed by atoms with Crippen molar-refractivity contribution in [3.63, 3.8) is 0 Å². The van der Waals surface area contributed by atoms with E-state index < -0.39 is 6.09 Å². The van der Waals surface area contributed by atoms with Gasteiger partial charge in [-0.3, -0.25) is 4.90 Å². The summed E-state index contributed by atoms with van der Waals surface area (Å²) in [5, 5.41) is 0.487. The highest BCUT2D eigenvalue weighted by Gasteiger charge is 2.29. The van der Waals surface area contributed by atoms with Crippen LogP contribution in [0.4, 0.5) is 4.79 Å². The predicted octanol–water partition coefficient (Wildman–Crippen LogP) is 3.51. The number of nitrogens with two attached hydrogens (primary N) is 2. The second kappa shape index (κ2) is 9.14. The van der Waals surface area contributed by atoms with Crippen LogP contribution in [0.1, 0.15) is 19.4 Å². The highest BCUT2D eigenvalue weighted by atomic mass is 79.9. The van der Waals surface area contributed by atoms with Gasteiger partial charge in [-0.2, -0.15) is 0 Å². The van der Waals surface area contributed by atoms with E-state index in [0.717, 1.165) is 4.47 Å². The van der Waals surface area contributed by atoms with Crippen LogP contribution in [0.5, 0.6) is 5.75 Å². The molecule has 1 aliphatic heterocycles. The van der Waals surface area contributed by atoms with Crippen molar-refractivity contribution in [2.75, 3.05) is 26.3 Å². The molecule has 1 amide bonds. The van der Waals surface area contributed by atoms with Crippen molar-refractivity contribution in [1.29, 1.82) is 0 Å². The maximum absolute atomic E-state index is 12.1. The minimum absolute atomic E-state index is 0.0992. The van der Waals surface area contributed by atoms with Gasteiger partial charge in [0.1, 0.15) is 5.75 Å². The summed E-state index contributed by atoms with van der Waals surface area (Å²) >= 11 is 9.85. The molecular weight excluding hydrogens is 436 g/mol. The van der Waals surface area contributed by atoms with E-state index in [4.69, 9.17) is 32.5 Å². The molecule has 0 saturated carbocycles. The second-order valence-electron chi connectivity index (χ2n) is 5.69. The third-order valence-corrected chi connectivity index (χ3v) is 4.77. The molecule has 0 atom stereocenters. The average molecular weight is 458 g/mol. The number of halogens is 2. The molecule has 146 valence electrons. The van der Waals surface area contributed by atoms with Crippen molar-refractivity contribution in [2.45, 2.75) is 13.8 Å². The van der Waals surface area contributed by atoms with Gasteiger partial charge in [0, 0.05) is 16.2 Å². The number of benzene rings is 1. The number of rotatable bonds is 6. The summed E-state index contributed by atoms with van der Waals surface area (Å²) in [5.74, 6) is 0.542. The third-order valence-electron chi connectivity index (χ3n) is 3.84. The number of carbonyl (C=O) groups excluding carboxylic acids is 1. The molecule has 0 unspecified atom stereocenters. The molecule has 0 aliphatic carbocycles. The van der Waals surface area contributed by atoms with E-state index in [0.29, 0.717) is 39.8 Å². The summed E-state index contributed by atoms with van der Waals surface area (Å²) < 4.78 is 11.4. The van der Waals surface area contributed by atoms with Crippen molar-refractivity contribution in [3.05, 3.63) is 45.0 Å². The van der Waals surface area contributed by atoms with Crippen molar-refractivity contribution >= 4 is 45.2 Å².